The van der Waals surface area contributed by atoms with Crippen molar-refractivity contribution < 1.29 is 9.18 Å². The number of aromatic nitrogens is 3. The van der Waals surface area contributed by atoms with Crippen molar-refractivity contribution in [2.75, 3.05) is 5.32 Å². The largest absolute Gasteiger partial charge is 0.320 e. The minimum atomic E-state index is -0.449. The van der Waals surface area contributed by atoms with Crippen LogP contribution in [0.4, 0.5) is 10.1 Å². The van der Waals surface area contributed by atoms with Gasteiger partial charge in [-0.1, -0.05) is 11.8 Å². The number of carbonyl (C=O) groups excluding carboxylic acids is 1. The van der Waals surface area contributed by atoms with E-state index in [-0.39, 0.29) is 5.69 Å². The smallest absolute Gasteiger partial charge is 0.276 e. The van der Waals surface area contributed by atoms with E-state index in [1.807, 2.05) is 37.4 Å². The molecule has 6 nitrogen and oxygen atoms in total. The van der Waals surface area contributed by atoms with Gasteiger partial charge in [0, 0.05) is 27.7 Å². The minimum absolute atomic E-state index is 0.0695. The van der Waals surface area contributed by atoms with Crippen LogP contribution in [0.15, 0.2) is 74.0 Å². The molecule has 1 amide bonds. The molecule has 156 valence electrons. The quantitative estimate of drug-likeness (QED) is 0.469. The summed E-state index contributed by atoms with van der Waals surface area (Å²) in [6, 6.07) is 13.6. The van der Waals surface area contributed by atoms with Crippen LogP contribution in [-0.4, -0.2) is 20.7 Å². The maximum absolute atomic E-state index is 13.2. The highest BCUT2D eigenvalue weighted by Crippen LogP contribution is 2.32. The van der Waals surface area contributed by atoms with Gasteiger partial charge < -0.3 is 5.32 Å². The molecule has 9 heteroatoms. The number of aryl methyl sites for hydroxylation is 2. The Hall–Kier alpha value is -3.30. The van der Waals surface area contributed by atoms with Crippen LogP contribution in [0.25, 0.3) is 5.69 Å². The standard InChI is InChI=1S/C22H17FN4O2S2/c1-13-11-17(31-22-24-14(2)12-30-22)7-8-18(13)25-21(29)19-9-10-20(28)27(26-19)16-5-3-15(23)4-6-16/h3-12H,1-2H3,(H,25,29). The highest BCUT2D eigenvalue weighted by atomic mass is 32.2. The van der Waals surface area contributed by atoms with Crippen LogP contribution in [-0.2, 0) is 0 Å². The van der Waals surface area contributed by atoms with Gasteiger partial charge >= 0.3 is 0 Å². The third kappa shape index (κ3) is 4.89. The summed E-state index contributed by atoms with van der Waals surface area (Å²) in [6.45, 7) is 3.86. The Bertz CT molecular complexity index is 1320. The van der Waals surface area contributed by atoms with Crippen molar-refractivity contribution in [2.24, 2.45) is 0 Å². The number of thiazole rings is 1. The van der Waals surface area contributed by atoms with Gasteiger partial charge in [-0.25, -0.2) is 9.37 Å². The number of hydrogen-bond acceptors (Lipinski definition) is 6. The van der Waals surface area contributed by atoms with Crippen LogP contribution in [0.2, 0.25) is 0 Å². The zero-order valence-electron chi connectivity index (χ0n) is 16.6. The Labute approximate surface area is 185 Å². The van der Waals surface area contributed by atoms with Crippen LogP contribution in [0.3, 0.4) is 0 Å². The molecule has 4 aromatic rings. The second-order valence-electron chi connectivity index (χ2n) is 6.73. The first-order valence-electron chi connectivity index (χ1n) is 9.27. The molecular formula is C22H17FN4O2S2. The van der Waals surface area contributed by atoms with Crippen molar-refractivity contribution in [1.29, 1.82) is 0 Å². The molecule has 0 aliphatic rings. The normalized spacial score (nSPS) is 10.8. The third-order valence-electron chi connectivity index (χ3n) is 4.35. The average Bonchev–Trinajstić information content (AvgIpc) is 3.15. The summed E-state index contributed by atoms with van der Waals surface area (Å²) >= 11 is 3.16. The molecule has 1 N–H and O–H groups in total. The van der Waals surface area contributed by atoms with Gasteiger partial charge in [-0.05, 0) is 67.9 Å². The summed E-state index contributed by atoms with van der Waals surface area (Å²) in [4.78, 5) is 30.3. The van der Waals surface area contributed by atoms with E-state index in [9.17, 15) is 14.0 Å². The van der Waals surface area contributed by atoms with Gasteiger partial charge in [0.2, 0.25) is 0 Å². The van der Waals surface area contributed by atoms with Crippen molar-refractivity contribution in [3.63, 3.8) is 0 Å². The lowest BCUT2D eigenvalue weighted by atomic mass is 10.2. The topological polar surface area (TPSA) is 76.9 Å². The summed E-state index contributed by atoms with van der Waals surface area (Å²) in [6.07, 6.45) is 0. The van der Waals surface area contributed by atoms with Gasteiger partial charge in [-0.3, -0.25) is 9.59 Å². The number of nitrogens with one attached hydrogen (secondary N) is 1. The first kappa shape index (κ1) is 21.0. The second kappa shape index (κ2) is 8.83. The molecule has 2 aromatic carbocycles. The van der Waals surface area contributed by atoms with Crippen LogP contribution in [0.1, 0.15) is 21.7 Å². The summed E-state index contributed by atoms with van der Waals surface area (Å²) in [7, 11) is 0. The average molecular weight is 453 g/mol. The molecule has 0 spiro atoms. The lowest BCUT2D eigenvalue weighted by molar-refractivity contribution is 0.102. The number of carbonyl (C=O) groups is 1. The van der Waals surface area contributed by atoms with Gasteiger partial charge in [0.25, 0.3) is 11.5 Å². The molecular weight excluding hydrogens is 435 g/mol. The predicted octanol–water partition coefficient (Wildman–Crippen LogP) is 4.85. The molecule has 0 aliphatic heterocycles. The van der Waals surface area contributed by atoms with Crippen LogP contribution >= 0.6 is 23.1 Å². The van der Waals surface area contributed by atoms with Gasteiger partial charge in [0.05, 0.1) is 5.69 Å². The van der Waals surface area contributed by atoms with E-state index in [0.717, 1.165) is 25.2 Å². The lowest BCUT2D eigenvalue weighted by Crippen LogP contribution is -2.25. The summed E-state index contributed by atoms with van der Waals surface area (Å²) in [5.41, 5.74) is 2.54. The van der Waals surface area contributed by atoms with E-state index >= 15 is 0 Å². The highest BCUT2D eigenvalue weighted by molar-refractivity contribution is 8.01. The fourth-order valence-corrected chi connectivity index (χ4v) is 4.72. The zero-order valence-corrected chi connectivity index (χ0v) is 18.3. The molecule has 0 radical (unpaired) electrons. The molecule has 0 unspecified atom stereocenters. The Morgan fingerprint density at radius 2 is 1.87 bits per heavy atom. The fraction of sp³-hybridized carbons (Fsp3) is 0.0909. The maximum Gasteiger partial charge on any atom is 0.276 e. The molecule has 2 aromatic heterocycles. The van der Waals surface area contributed by atoms with Crippen LogP contribution < -0.4 is 10.9 Å². The van der Waals surface area contributed by atoms with E-state index in [4.69, 9.17) is 0 Å². The number of hydrogen-bond donors (Lipinski definition) is 1. The highest BCUT2D eigenvalue weighted by Gasteiger charge is 2.13. The molecule has 0 atom stereocenters. The third-order valence-corrected chi connectivity index (χ3v) is 6.40. The molecule has 2 heterocycles. The number of benzene rings is 2. The number of amides is 1. The summed E-state index contributed by atoms with van der Waals surface area (Å²) in [5, 5.41) is 8.96. The van der Waals surface area contributed by atoms with E-state index in [2.05, 4.69) is 15.4 Å². The van der Waals surface area contributed by atoms with E-state index in [0.29, 0.717) is 11.4 Å². The van der Waals surface area contributed by atoms with E-state index in [1.165, 1.54) is 36.4 Å². The second-order valence-corrected chi connectivity index (χ2v) is 8.91. The Morgan fingerprint density at radius 3 is 2.55 bits per heavy atom. The Kier molecular flexibility index (Phi) is 5.97. The summed E-state index contributed by atoms with van der Waals surface area (Å²) in [5.74, 6) is -0.873. The van der Waals surface area contributed by atoms with Crippen LogP contribution in [0.5, 0.6) is 0 Å². The molecule has 0 aliphatic carbocycles. The van der Waals surface area contributed by atoms with Gasteiger partial charge in [0.15, 0.2) is 4.34 Å². The number of anilines is 1. The Morgan fingerprint density at radius 1 is 1.10 bits per heavy atom. The van der Waals surface area contributed by atoms with Crippen molar-refractivity contribution >= 4 is 34.7 Å². The van der Waals surface area contributed by atoms with Crippen molar-refractivity contribution in [3.8, 4) is 5.69 Å². The zero-order chi connectivity index (χ0) is 22.0. The molecule has 0 bridgehead atoms. The molecule has 0 saturated heterocycles. The van der Waals surface area contributed by atoms with Crippen molar-refractivity contribution in [3.05, 3.63) is 93.1 Å². The van der Waals surface area contributed by atoms with Crippen molar-refractivity contribution in [2.45, 2.75) is 23.1 Å². The first-order chi connectivity index (χ1) is 14.9. The van der Waals surface area contributed by atoms with E-state index in [1.54, 1.807) is 23.1 Å². The molecule has 0 saturated carbocycles. The lowest BCUT2D eigenvalue weighted by Gasteiger charge is -2.11. The van der Waals surface area contributed by atoms with Gasteiger partial charge in [-0.2, -0.15) is 9.78 Å². The van der Waals surface area contributed by atoms with Gasteiger partial charge in [0.1, 0.15) is 11.5 Å². The van der Waals surface area contributed by atoms with Crippen molar-refractivity contribution in [1.82, 2.24) is 14.8 Å². The fourth-order valence-electron chi connectivity index (χ4n) is 2.81. The number of halogens is 1. The first-order valence-corrected chi connectivity index (χ1v) is 11.0. The SMILES string of the molecule is Cc1csc(Sc2ccc(NC(=O)c3ccc(=O)n(-c4ccc(F)cc4)n3)c(C)c2)n1. The van der Waals surface area contributed by atoms with Crippen LogP contribution in [0, 0.1) is 19.7 Å². The van der Waals surface area contributed by atoms with E-state index < -0.39 is 17.3 Å². The maximum atomic E-state index is 13.2. The predicted molar refractivity (Wildman–Crippen MR) is 120 cm³/mol. The summed E-state index contributed by atoms with van der Waals surface area (Å²) < 4.78 is 15.2. The monoisotopic (exact) mass is 452 g/mol. The Balaban J connectivity index is 1.53. The van der Waals surface area contributed by atoms with Gasteiger partial charge in [-0.15, -0.1) is 11.3 Å². The molecule has 4 rings (SSSR count). The molecule has 0 fully saturated rings. The minimum Gasteiger partial charge on any atom is -0.320 e. The number of rotatable bonds is 5. The number of nitrogens with zero attached hydrogens (tertiary/aromatic N) is 3. The molecule has 31 heavy (non-hydrogen) atoms.